The number of aromatic nitrogens is 3. The normalized spacial score (nSPS) is 12.7. The van der Waals surface area contributed by atoms with Gasteiger partial charge in [-0.3, -0.25) is 4.79 Å². The number of fused-ring (bicyclic) bond motifs is 1. The fourth-order valence-electron chi connectivity index (χ4n) is 4.37. The van der Waals surface area contributed by atoms with E-state index in [1.165, 1.54) is 12.1 Å². The molecule has 11 heteroatoms. The SMILES string of the molecule is CNC(=O)N(C)CCCNc1cc(Oc2cccc(F)c2)nn2c(-c3ccc(C(=O)NC4CC4)c(C)c3)cnc12. The van der Waals surface area contributed by atoms with Crippen LogP contribution in [-0.4, -0.2) is 64.7 Å². The van der Waals surface area contributed by atoms with Crippen molar-refractivity contribution in [3.8, 4) is 22.9 Å². The van der Waals surface area contributed by atoms with Gasteiger partial charge < -0.3 is 25.6 Å². The second-order valence-electron chi connectivity index (χ2n) is 9.87. The largest absolute Gasteiger partial charge is 0.437 e. The van der Waals surface area contributed by atoms with E-state index in [9.17, 15) is 14.0 Å². The summed E-state index contributed by atoms with van der Waals surface area (Å²) < 4.78 is 21.4. The maximum Gasteiger partial charge on any atom is 0.316 e. The Labute approximate surface area is 231 Å². The summed E-state index contributed by atoms with van der Waals surface area (Å²) in [5.41, 5.74) is 4.27. The zero-order valence-electron chi connectivity index (χ0n) is 22.7. The lowest BCUT2D eigenvalue weighted by atomic mass is 10.0. The lowest BCUT2D eigenvalue weighted by molar-refractivity contribution is 0.0950. The van der Waals surface area contributed by atoms with E-state index in [2.05, 4.69) is 26.0 Å². The van der Waals surface area contributed by atoms with Crippen molar-refractivity contribution in [3.63, 3.8) is 0 Å². The molecule has 1 aliphatic carbocycles. The minimum atomic E-state index is -0.415. The van der Waals surface area contributed by atoms with Crippen molar-refractivity contribution < 1.29 is 18.7 Å². The Morgan fingerprint density at radius 1 is 1.18 bits per heavy atom. The smallest absolute Gasteiger partial charge is 0.316 e. The van der Waals surface area contributed by atoms with Crippen LogP contribution in [0.25, 0.3) is 16.9 Å². The molecule has 1 aliphatic rings. The van der Waals surface area contributed by atoms with Crippen LogP contribution in [0, 0.1) is 12.7 Å². The number of rotatable bonds is 10. The molecule has 0 unspecified atom stereocenters. The summed E-state index contributed by atoms with van der Waals surface area (Å²) in [4.78, 5) is 30.6. The van der Waals surface area contributed by atoms with Crippen LogP contribution in [0.4, 0.5) is 14.9 Å². The van der Waals surface area contributed by atoms with Gasteiger partial charge in [0.2, 0.25) is 5.88 Å². The molecule has 10 nitrogen and oxygen atoms in total. The van der Waals surface area contributed by atoms with Crippen LogP contribution >= 0.6 is 0 Å². The lowest BCUT2D eigenvalue weighted by Gasteiger charge is -2.17. The zero-order valence-corrected chi connectivity index (χ0v) is 22.7. The predicted octanol–water partition coefficient (Wildman–Crippen LogP) is 4.60. The highest BCUT2D eigenvalue weighted by atomic mass is 19.1. The fourth-order valence-corrected chi connectivity index (χ4v) is 4.37. The molecule has 4 aromatic rings. The monoisotopic (exact) mass is 545 g/mol. The van der Waals surface area contributed by atoms with E-state index in [1.807, 2.05) is 25.1 Å². The molecule has 3 amide bonds. The minimum Gasteiger partial charge on any atom is -0.437 e. The number of ether oxygens (including phenoxy) is 1. The summed E-state index contributed by atoms with van der Waals surface area (Å²) in [6, 6.07) is 13.3. The Bertz CT molecular complexity index is 1550. The van der Waals surface area contributed by atoms with Crippen molar-refractivity contribution in [2.75, 3.05) is 32.5 Å². The lowest BCUT2D eigenvalue weighted by Crippen LogP contribution is -2.36. The van der Waals surface area contributed by atoms with Crippen LogP contribution in [0.15, 0.2) is 54.7 Å². The summed E-state index contributed by atoms with van der Waals surface area (Å²) >= 11 is 0. The van der Waals surface area contributed by atoms with E-state index in [4.69, 9.17) is 4.74 Å². The van der Waals surface area contributed by atoms with Crippen LogP contribution in [0.3, 0.4) is 0 Å². The Balaban J connectivity index is 1.44. The van der Waals surface area contributed by atoms with E-state index in [0.717, 1.165) is 24.0 Å². The zero-order chi connectivity index (χ0) is 28.2. The van der Waals surface area contributed by atoms with Crippen molar-refractivity contribution in [2.45, 2.75) is 32.2 Å². The van der Waals surface area contributed by atoms with Gasteiger partial charge in [0.25, 0.3) is 5.91 Å². The van der Waals surface area contributed by atoms with Gasteiger partial charge in [0.1, 0.15) is 11.6 Å². The van der Waals surface area contributed by atoms with Crippen molar-refractivity contribution in [2.24, 2.45) is 0 Å². The van der Waals surface area contributed by atoms with Gasteiger partial charge in [0, 0.05) is 56.5 Å². The van der Waals surface area contributed by atoms with E-state index < -0.39 is 5.82 Å². The van der Waals surface area contributed by atoms with Gasteiger partial charge in [-0.2, -0.15) is 0 Å². The summed E-state index contributed by atoms with van der Waals surface area (Å²) in [5, 5.41) is 13.7. The summed E-state index contributed by atoms with van der Waals surface area (Å²) in [6.07, 6.45) is 4.46. The second kappa shape index (κ2) is 11.6. The van der Waals surface area contributed by atoms with Gasteiger partial charge in [-0.25, -0.2) is 18.7 Å². The Morgan fingerprint density at radius 2 is 2.00 bits per heavy atom. The standard InChI is InChI=1S/C29H32FN7O3/c1-18-14-19(8-11-23(18)28(38)34-21-9-10-21)25-17-33-27-24(32-12-5-13-36(3)29(39)31-2)16-26(35-37(25)27)40-22-7-4-6-20(30)15-22/h4,6-8,11,14-17,21,32H,5,9-10,12-13H2,1-3H3,(H,31,39)(H,34,38). The number of anilines is 1. The predicted molar refractivity (Wildman–Crippen MR) is 150 cm³/mol. The number of imidazole rings is 1. The van der Waals surface area contributed by atoms with Gasteiger partial charge in [-0.1, -0.05) is 12.1 Å². The summed E-state index contributed by atoms with van der Waals surface area (Å²) in [6.45, 7) is 3.02. The van der Waals surface area contributed by atoms with Crippen LogP contribution < -0.4 is 20.7 Å². The molecule has 1 fully saturated rings. The topological polar surface area (TPSA) is 113 Å². The van der Waals surface area contributed by atoms with E-state index in [-0.39, 0.29) is 23.9 Å². The molecule has 0 radical (unpaired) electrons. The first kappa shape index (κ1) is 26.9. The number of amides is 3. The van der Waals surface area contributed by atoms with Crippen molar-refractivity contribution in [1.82, 2.24) is 30.1 Å². The number of hydrogen-bond donors (Lipinski definition) is 3. The van der Waals surface area contributed by atoms with Crippen LogP contribution in [0.1, 0.15) is 35.2 Å². The number of hydrogen-bond acceptors (Lipinski definition) is 6. The highest BCUT2D eigenvalue weighted by Gasteiger charge is 2.24. The average Bonchev–Trinajstić information content (AvgIpc) is 3.65. The second-order valence-corrected chi connectivity index (χ2v) is 9.87. The molecule has 0 atom stereocenters. The molecule has 0 aliphatic heterocycles. The number of carbonyl (C=O) groups excluding carboxylic acids is 2. The number of nitrogens with zero attached hydrogens (tertiary/aromatic N) is 4. The van der Waals surface area contributed by atoms with Crippen LogP contribution in [0.2, 0.25) is 0 Å². The third kappa shape index (κ3) is 6.14. The van der Waals surface area contributed by atoms with E-state index in [0.29, 0.717) is 47.9 Å². The first-order valence-electron chi connectivity index (χ1n) is 13.2. The van der Waals surface area contributed by atoms with Crippen LogP contribution in [-0.2, 0) is 0 Å². The van der Waals surface area contributed by atoms with Gasteiger partial charge >= 0.3 is 6.03 Å². The molecule has 0 spiro atoms. The van der Waals surface area contributed by atoms with Gasteiger partial charge in [0.05, 0.1) is 17.6 Å². The van der Waals surface area contributed by atoms with Gasteiger partial charge in [-0.05, 0) is 56.0 Å². The molecule has 0 saturated heterocycles. The fraction of sp³-hybridized carbons (Fsp3) is 0.310. The number of benzene rings is 2. The molecule has 1 saturated carbocycles. The number of halogens is 1. The third-order valence-electron chi connectivity index (χ3n) is 6.69. The maximum atomic E-state index is 13.8. The number of carbonyl (C=O) groups is 2. The molecule has 2 aromatic carbocycles. The molecule has 2 heterocycles. The quantitative estimate of drug-likeness (QED) is 0.251. The van der Waals surface area contributed by atoms with Gasteiger partial charge in [0.15, 0.2) is 5.65 Å². The van der Waals surface area contributed by atoms with Crippen molar-refractivity contribution >= 4 is 23.3 Å². The molecule has 40 heavy (non-hydrogen) atoms. The van der Waals surface area contributed by atoms with Crippen molar-refractivity contribution in [1.29, 1.82) is 0 Å². The number of aryl methyl sites for hydroxylation is 1. The highest BCUT2D eigenvalue weighted by molar-refractivity contribution is 5.96. The molecule has 208 valence electrons. The molecular formula is C29H32FN7O3. The Morgan fingerprint density at radius 3 is 2.73 bits per heavy atom. The first-order valence-corrected chi connectivity index (χ1v) is 13.2. The first-order chi connectivity index (χ1) is 19.3. The maximum absolute atomic E-state index is 13.8. The molecule has 2 aromatic heterocycles. The average molecular weight is 546 g/mol. The van der Waals surface area contributed by atoms with E-state index >= 15 is 0 Å². The van der Waals surface area contributed by atoms with Crippen LogP contribution in [0.5, 0.6) is 11.6 Å². The molecular weight excluding hydrogens is 513 g/mol. The Kier molecular flexibility index (Phi) is 7.81. The van der Waals surface area contributed by atoms with E-state index in [1.54, 1.807) is 47.9 Å². The number of nitrogens with one attached hydrogen (secondary N) is 3. The Hall–Kier alpha value is -4.67. The summed E-state index contributed by atoms with van der Waals surface area (Å²) in [5.74, 6) is 0.0805. The number of urea groups is 1. The minimum absolute atomic E-state index is 0.0675. The summed E-state index contributed by atoms with van der Waals surface area (Å²) in [7, 11) is 3.33. The molecule has 0 bridgehead atoms. The third-order valence-corrected chi connectivity index (χ3v) is 6.69. The highest BCUT2D eigenvalue weighted by Crippen LogP contribution is 2.30. The molecule has 3 N–H and O–H groups in total. The van der Waals surface area contributed by atoms with Gasteiger partial charge in [-0.15, -0.1) is 5.10 Å². The van der Waals surface area contributed by atoms with Crippen molar-refractivity contribution in [3.05, 3.63) is 71.7 Å². The molecule has 5 rings (SSSR count).